The van der Waals surface area contributed by atoms with Crippen molar-refractivity contribution in [2.45, 2.75) is 38.8 Å². The summed E-state index contributed by atoms with van der Waals surface area (Å²) >= 11 is 5.90. The molecule has 0 aliphatic carbocycles. The summed E-state index contributed by atoms with van der Waals surface area (Å²) in [6.45, 7) is 2.18. The molecular weight excluding hydrogens is 272 g/mol. The molecule has 0 saturated heterocycles. The van der Waals surface area contributed by atoms with E-state index in [2.05, 4.69) is 11.9 Å². The summed E-state index contributed by atoms with van der Waals surface area (Å²) in [6.07, 6.45) is 5.51. The predicted molar refractivity (Wildman–Crippen MR) is 84.8 cm³/mol. The molecule has 1 aliphatic heterocycles. The Labute approximate surface area is 125 Å². The Bertz CT molecular complexity index is 508. The number of unbranched alkanes of at least 4 members (excludes halogenated alkanes) is 2. The van der Waals surface area contributed by atoms with Crippen molar-refractivity contribution < 1.29 is 5.11 Å². The molecule has 1 aromatic rings. The van der Waals surface area contributed by atoms with Crippen molar-refractivity contribution in [3.05, 3.63) is 40.9 Å². The van der Waals surface area contributed by atoms with Crippen LogP contribution < -0.4 is 0 Å². The van der Waals surface area contributed by atoms with Crippen LogP contribution in [0.4, 0.5) is 0 Å². The third-order valence-corrected chi connectivity index (χ3v) is 3.76. The molecule has 4 heteroatoms. The predicted octanol–water partition coefficient (Wildman–Crippen LogP) is 3.92. The zero-order chi connectivity index (χ0) is 14.5. The highest BCUT2D eigenvalue weighted by Crippen LogP contribution is 2.24. The fourth-order valence-electron chi connectivity index (χ4n) is 2.21. The summed E-state index contributed by atoms with van der Waals surface area (Å²) in [5.74, 6) is 0.943. The monoisotopic (exact) mass is 292 g/mol. The van der Waals surface area contributed by atoms with Crippen LogP contribution in [-0.2, 0) is 0 Å². The number of likely N-dealkylation sites (N-methyl/N-ethyl adjacent to an activating group) is 1. The molecule has 0 radical (unpaired) electrons. The van der Waals surface area contributed by atoms with E-state index in [1.807, 2.05) is 36.2 Å². The van der Waals surface area contributed by atoms with Gasteiger partial charge in [-0.15, -0.1) is 0 Å². The minimum absolute atomic E-state index is 0.616. The van der Waals surface area contributed by atoms with E-state index in [1.54, 1.807) is 6.08 Å². The SMILES string of the molecule is CCCCCC1=NC(c2ccc(Cl)cc2)=CC(O)N1C. The second-order valence-electron chi connectivity index (χ2n) is 5.07. The molecule has 1 heterocycles. The second-order valence-corrected chi connectivity index (χ2v) is 5.50. The van der Waals surface area contributed by atoms with Crippen LogP contribution in [0.25, 0.3) is 5.70 Å². The zero-order valence-electron chi connectivity index (χ0n) is 12.0. The lowest BCUT2D eigenvalue weighted by Gasteiger charge is -2.29. The first-order valence-corrected chi connectivity index (χ1v) is 7.46. The van der Waals surface area contributed by atoms with E-state index >= 15 is 0 Å². The second kappa shape index (κ2) is 6.91. The van der Waals surface area contributed by atoms with Crippen molar-refractivity contribution in [3.8, 4) is 0 Å². The Morgan fingerprint density at radius 2 is 1.95 bits per heavy atom. The number of hydrogen-bond donors (Lipinski definition) is 1. The van der Waals surface area contributed by atoms with Gasteiger partial charge in [0.25, 0.3) is 0 Å². The smallest absolute Gasteiger partial charge is 0.149 e. The van der Waals surface area contributed by atoms with Crippen molar-refractivity contribution >= 4 is 23.1 Å². The molecule has 0 fully saturated rings. The molecule has 1 unspecified atom stereocenters. The molecule has 0 aromatic heterocycles. The van der Waals surface area contributed by atoms with Crippen molar-refractivity contribution in [1.82, 2.24) is 4.90 Å². The van der Waals surface area contributed by atoms with E-state index in [0.717, 1.165) is 29.9 Å². The molecule has 1 N–H and O–H groups in total. The number of rotatable bonds is 5. The van der Waals surface area contributed by atoms with Crippen LogP contribution >= 0.6 is 11.6 Å². The summed E-state index contributed by atoms with van der Waals surface area (Å²) < 4.78 is 0. The number of benzene rings is 1. The van der Waals surface area contributed by atoms with Crippen molar-refractivity contribution in [3.63, 3.8) is 0 Å². The van der Waals surface area contributed by atoms with Gasteiger partial charge in [0.05, 0.1) is 5.70 Å². The lowest BCUT2D eigenvalue weighted by molar-refractivity contribution is 0.111. The maximum atomic E-state index is 10.1. The van der Waals surface area contributed by atoms with Gasteiger partial charge < -0.3 is 10.0 Å². The van der Waals surface area contributed by atoms with Crippen molar-refractivity contribution in [2.24, 2.45) is 4.99 Å². The zero-order valence-corrected chi connectivity index (χ0v) is 12.8. The quantitative estimate of drug-likeness (QED) is 0.835. The third kappa shape index (κ3) is 3.62. The number of aliphatic hydroxyl groups is 1. The Hall–Kier alpha value is -1.32. The van der Waals surface area contributed by atoms with Crippen molar-refractivity contribution in [2.75, 3.05) is 7.05 Å². The summed E-state index contributed by atoms with van der Waals surface area (Å²) in [4.78, 5) is 6.51. The maximum absolute atomic E-state index is 10.1. The van der Waals surface area contributed by atoms with Gasteiger partial charge in [-0.1, -0.05) is 43.5 Å². The molecule has 1 atom stereocenters. The topological polar surface area (TPSA) is 35.8 Å². The van der Waals surface area contributed by atoms with Gasteiger partial charge in [-0.3, -0.25) is 0 Å². The number of hydrogen-bond acceptors (Lipinski definition) is 3. The molecule has 1 aliphatic rings. The van der Waals surface area contributed by atoms with Crippen LogP contribution in [0, 0.1) is 0 Å². The first-order valence-electron chi connectivity index (χ1n) is 7.08. The fraction of sp³-hybridized carbons (Fsp3) is 0.438. The fourth-order valence-corrected chi connectivity index (χ4v) is 2.33. The lowest BCUT2D eigenvalue weighted by Crippen LogP contribution is -2.38. The molecule has 108 valence electrons. The molecule has 0 saturated carbocycles. The Morgan fingerprint density at radius 3 is 2.60 bits per heavy atom. The third-order valence-electron chi connectivity index (χ3n) is 3.50. The van der Waals surface area contributed by atoms with Gasteiger partial charge in [0, 0.05) is 24.1 Å². The summed E-state index contributed by atoms with van der Waals surface area (Å²) in [5.41, 5.74) is 1.80. The van der Waals surface area contributed by atoms with Gasteiger partial charge in [-0.05, 0) is 24.6 Å². The average Bonchev–Trinajstić information content (AvgIpc) is 2.44. The molecule has 0 amide bonds. The van der Waals surface area contributed by atoms with Gasteiger partial charge in [0.2, 0.25) is 0 Å². The number of aliphatic imine (C=N–C) groups is 1. The first-order chi connectivity index (χ1) is 9.61. The molecule has 0 bridgehead atoms. The minimum atomic E-state index is -0.616. The van der Waals surface area contributed by atoms with Crippen LogP contribution in [0.15, 0.2) is 35.3 Å². The number of amidine groups is 1. The number of nitrogens with zero attached hydrogens (tertiary/aromatic N) is 2. The molecule has 0 spiro atoms. The highest BCUT2D eigenvalue weighted by atomic mass is 35.5. The maximum Gasteiger partial charge on any atom is 0.149 e. The molecular formula is C16H21ClN2O. The van der Waals surface area contributed by atoms with Crippen LogP contribution in [0.1, 0.15) is 38.2 Å². The Morgan fingerprint density at radius 1 is 1.25 bits per heavy atom. The summed E-state index contributed by atoms with van der Waals surface area (Å²) in [6, 6.07) is 7.54. The van der Waals surface area contributed by atoms with Gasteiger partial charge in [-0.2, -0.15) is 0 Å². The van der Waals surface area contributed by atoms with E-state index < -0.39 is 6.23 Å². The van der Waals surface area contributed by atoms with E-state index in [9.17, 15) is 5.11 Å². The van der Waals surface area contributed by atoms with Crippen LogP contribution in [0.5, 0.6) is 0 Å². The Kier molecular flexibility index (Phi) is 5.21. The highest BCUT2D eigenvalue weighted by Gasteiger charge is 2.20. The summed E-state index contributed by atoms with van der Waals surface area (Å²) in [7, 11) is 1.88. The standard InChI is InChI=1S/C16H21ClN2O/c1-3-4-5-6-15-18-14(11-16(20)19(15)2)12-7-9-13(17)10-8-12/h7-11,16,20H,3-6H2,1-2H3. The van der Waals surface area contributed by atoms with Crippen LogP contribution in [0.2, 0.25) is 5.02 Å². The van der Waals surface area contributed by atoms with Gasteiger partial charge in [0.15, 0.2) is 0 Å². The van der Waals surface area contributed by atoms with Gasteiger partial charge in [-0.25, -0.2) is 4.99 Å². The Balaban J connectivity index is 2.19. The molecule has 20 heavy (non-hydrogen) atoms. The van der Waals surface area contributed by atoms with E-state index in [-0.39, 0.29) is 0 Å². The summed E-state index contributed by atoms with van der Waals surface area (Å²) in [5, 5.41) is 10.8. The molecule has 3 nitrogen and oxygen atoms in total. The van der Waals surface area contributed by atoms with Crippen LogP contribution in [0.3, 0.4) is 0 Å². The lowest BCUT2D eigenvalue weighted by atomic mass is 10.1. The number of halogens is 1. The highest BCUT2D eigenvalue weighted by molar-refractivity contribution is 6.30. The first kappa shape index (κ1) is 15.1. The van der Waals surface area contributed by atoms with Gasteiger partial charge in [0.1, 0.15) is 12.1 Å². The minimum Gasteiger partial charge on any atom is -0.370 e. The average molecular weight is 293 g/mol. The van der Waals surface area contributed by atoms with Crippen LogP contribution in [-0.4, -0.2) is 29.1 Å². The molecule has 1 aromatic carbocycles. The van der Waals surface area contributed by atoms with E-state index in [1.165, 1.54) is 12.8 Å². The largest absolute Gasteiger partial charge is 0.370 e. The van der Waals surface area contributed by atoms with E-state index in [4.69, 9.17) is 11.6 Å². The van der Waals surface area contributed by atoms with Gasteiger partial charge >= 0.3 is 0 Å². The van der Waals surface area contributed by atoms with E-state index in [0.29, 0.717) is 5.02 Å². The normalized spacial score (nSPS) is 18.8. The molecule has 2 rings (SSSR count). The number of aliphatic hydroxyl groups excluding tert-OH is 1. The van der Waals surface area contributed by atoms with Crippen molar-refractivity contribution in [1.29, 1.82) is 0 Å².